The van der Waals surface area contributed by atoms with Crippen LogP contribution >= 0.6 is 45.8 Å². The molecule has 6 heteroatoms. The summed E-state index contributed by atoms with van der Waals surface area (Å²) >= 11 is 14.1. The monoisotopic (exact) mass is 457 g/mol. The van der Waals surface area contributed by atoms with E-state index in [-0.39, 0.29) is 19.3 Å². The zero-order valence-electron chi connectivity index (χ0n) is 12.6. The number of hydrogen-bond acceptors (Lipinski definition) is 2. The van der Waals surface area contributed by atoms with Gasteiger partial charge in [-0.1, -0.05) is 59.6 Å². The number of Topliss-reactive ketones (excluding diaryl/α,β-unsaturated/α-hetero) is 1. The average Bonchev–Trinajstić information content (AvgIpc) is 2.90. The van der Waals surface area contributed by atoms with Crippen LogP contribution in [0.1, 0.15) is 43.5 Å². The van der Waals surface area contributed by atoms with Gasteiger partial charge >= 0.3 is 0 Å². The van der Waals surface area contributed by atoms with E-state index in [1.165, 1.54) is 12.1 Å². The molecule has 22 heavy (non-hydrogen) atoms. The molecule has 1 aliphatic heterocycles. The maximum atomic E-state index is 13.8. The van der Waals surface area contributed by atoms with Gasteiger partial charge in [0.1, 0.15) is 5.82 Å². The first-order valence-corrected chi connectivity index (χ1v) is 9.07. The Labute approximate surface area is 154 Å². The van der Waals surface area contributed by atoms with Crippen LogP contribution in [0.15, 0.2) is 12.1 Å². The third kappa shape index (κ3) is 4.13. The average molecular weight is 458 g/mol. The van der Waals surface area contributed by atoms with E-state index in [0.29, 0.717) is 12.1 Å². The van der Waals surface area contributed by atoms with Crippen LogP contribution in [0.4, 0.5) is 4.39 Å². The molecule has 2 rings (SSSR count). The minimum Gasteiger partial charge on any atom is -0.316 e. The van der Waals surface area contributed by atoms with Crippen molar-refractivity contribution in [3.63, 3.8) is 0 Å². The fourth-order valence-corrected chi connectivity index (χ4v) is 3.38. The number of rotatable bonds is 5. The van der Waals surface area contributed by atoms with Crippen LogP contribution in [0.2, 0.25) is 10.0 Å². The molecule has 1 fully saturated rings. The first kappa shape index (κ1) is 18.4. The van der Waals surface area contributed by atoms with Gasteiger partial charge in [-0.25, -0.2) is 4.39 Å². The molecule has 1 heterocycles. The molecular weight excluding hydrogens is 439 g/mol. The Morgan fingerprint density at radius 2 is 2.14 bits per heavy atom. The summed E-state index contributed by atoms with van der Waals surface area (Å²) in [5.41, 5.74) is -0.173. The van der Waals surface area contributed by atoms with Gasteiger partial charge in [0.2, 0.25) is 0 Å². The highest BCUT2D eigenvalue weighted by molar-refractivity contribution is 14.1. The van der Waals surface area contributed by atoms with Gasteiger partial charge in [-0.05, 0) is 37.9 Å². The van der Waals surface area contributed by atoms with Crippen molar-refractivity contribution in [2.45, 2.75) is 36.5 Å². The second-order valence-electron chi connectivity index (χ2n) is 6.51. The minimum atomic E-state index is -0.646. The second kappa shape index (κ2) is 6.91. The van der Waals surface area contributed by atoms with E-state index in [2.05, 4.69) is 41.8 Å². The maximum absolute atomic E-state index is 13.8. The Morgan fingerprint density at radius 3 is 2.64 bits per heavy atom. The number of benzene rings is 1. The van der Waals surface area contributed by atoms with E-state index < -0.39 is 11.2 Å². The van der Waals surface area contributed by atoms with Gasteiger partial charge in [0, 0.05) is 20.9 Å². The Morgan fingerprint density at radius 1 is 1.45 bits per heavy atom. The molecule has 1 aromatic rings. The number of halogens is 4. The van der Waals surface area contributed by atoms with Gasteiger partial charge in [-0.3, -0.25) is 4.79 Å². The molecule has 0 aliphatic carbocycles. The van der Waals surface area contributed by atoms with Gasteiger partial charge in [0.05, 0.1) is 10.0 Å². The first-order valence-electron chi connectivity index (χ1n) is 7.24. The van der Waals surface area contributed by atoms with E-state index in [0.717, 1.165) is 25.8 Å². The molecule has 1 saturated heterocycles. The third-order valence-corrected chi connectivity index (χ3v) is 5.49. The van der Waals surface area contributed by atoms with Crippen LogP contribution in [0.3, 0.4) is 0 Å². The quantitative estimate of drug-likeness (QED) is 0.281. The van der Waals surface area contributed by atoms with Gasteiger partial charge in [0.25, 0.3) is 0 Å². The molecule has 1 aromatic carbocycles. The van der Waals surface area contributed by atoms with Crippen molar-refractivity contribution in [3.8, 4) is 0 Å². The topological polar surface area (TPSA) is 29.1 Å². The zero-order valence-corrected chi connectivity index (χ0v) is 16.3. The summed E-state index contributed by atoms with van der Waals surface area (Å²) in [6, 6.07) is 2.68. The lowest BCUT2D eigenvalue weighted by molar-refractivity contribution is 0.0797. The molecule has 1 unspecified atom stereocenters. The SMILES string of the molecule is CC(C)(I)CCC1(C(=O)c2cc(F)c(Cl)c(Cl)c2)CCNC1. The molecule has 0 spiro atoms. The summed E-state index contributed by atoms with van der Waals surface area (Å²) in [7, 11) is 0. The number of alkyl halides is 1. The Kier molecular flexibility index (Phi) is 5.79. The predicted molar refractivity (Wildman–Crippen MR) is 98.0 cm³/mol. The van der Waals surface area contributed by atoms with E-state index in [4.69, 9.17) is 23.2 Å². The minimum absolute atomic E-state index is 0.0457. The van der Waals surface area contributed by atoms with Gasteiger partial charge in [-0.2, -0.15) is 0 Å². The molecular formula is C16H19Cl2FINO. The highest BCUT2D eigenvalue weighted by atomic mass is 127. The van der Waals surface area contributed by atoms with Crippen molar-refractivity contribution < 1.29 is 9.18 Å². The van der Waals surface area contributed by atoms with Gasteiger partial charge < -0.3 is 5.32 Å². The number of nitrogens with one attached hydrogen (secondary N) is 1. The summed E-state index contributed by atoms with van der Waals surface area (Å²) < 4.78 is 13.9. The van der Waals surface area contributed by atoms with Crippen molar-refractivity contribution in [2.24, 2.45) is 5.41 Å². The van der Waals surface area contributed by atoms with Crippen LogP contribution in [0.25, 0.3) is 0 Å². The summed E-state index contributed by atoms with van der Waals surface area (Å²) in [6.07, 6.45) is 2.46. The molecule has 2 nitrogen and oxygen atoms in total. The fraction of sp³-hybridized carbons (Fsp3) is 0.562. The highest BCUT2D eigenvalue weighted by Gasteiger charge is 2.42. The number of carbonyl (C=O) groups is 1. The van der Waals surface area contributed by atoms with Crippen molar-refractivity contribution in [1.29, 1.82) is 0 Å². The molecule has 0 aromatic heterocycles. The normalized spacial score (nSPS) is 22.1. The van der Waals surface area contributed by atoms with E-state index in [9.17, 15) is 9.18 Å². The number of ketones is 1. The fourth-order valence-electron chi connectivity index (χ4n) is 2.79. The van der Waals surface area contributed by atoms with E-state index in [1.807, 2.05) is 0 Å². The largest absolute Gasteiger partial charge is 0.316 e. The van der Waals surface area contributed by atoms with Gasteiger partial charge in [0.15, 0.2) is 5.78 Å². The van der Waals surface area contributed by atoms with E-state index in [1.54, 1.807) is 0 Å². The van der Waals surface area contributed by atoms with Crippen LogP contribution < -0.4 is 5.32 Å². The Hall–Kier alpha value is 0.0900. The molecule has 1 aliphatic rings. The van der Waals surface area contributed by atoms with Gasteiger partial charge in [-0.15, -0.1) is 0 Å². The van der Waals surface area contributed by atoms with Crippen LogP contribution in [0, 0.1) is 11.2 Å². The van der Waals surface area contributed by atoms with E-state index >= 15 is 0 Å². The lowest BCUT2D eigenvalue weighted by Crippen LogP contribution is -2.35. The summed E-state index contributed by atoms with van der Waals surface area (Å²) in [5.74, 6) is -0.691. The van der Waals surface area contributed by atoms with Crippen LogP contribution in [0.5, 0.6) is 0 Å². The molecule has 0 saturated carbocycles. The Bertz CT molecular complexity index is 557. The first-order chi connectivity index (χ1) is 10.1. The summed E-state index contributed by atoms with van der Waals surface area (Å²) in [4.78, 5) is 13.0. The maximum Gasteiger partial charge on any atom is 0.170 e. The molecule has 0 radical (unpaired) electrons. The summed E-state index contributed by atoms with van der Waals surface area (Å²) in [6.45, 7) is 5.72. The molecule has 0 amide bonds. The van der Waals surface area contributed by atoms with Crippen molar-refractivity contribution >= 4 is 51.6 Å². The summed E-state index contributed by atoms with van der Waals surface area (Å²) in [5, 5.41) is 3.21. The zero-order chi connectivity index (χ0) is 16.5. The van der Waals surface area contributed by atoms with Crippen molar-refractivity contribution in [2.75, 3.05) is 13.1 Å². The third-order valence-electron chi connectivity index (χ3n) is 4.17. The molecule has 1 N–H and O–H groups in total. The Balaban J connectivity index is 2.31. The lowest BCUT2D eigenvalue weighted by Gasteiger charge is -2.30. The molecule has 122 valence electrons. The molecule has 0 bridgehead atoms. The van der Waals surface area contributed by atoms with Crippen molar-refractivity contribution in [3.05, 3.63) is 33.6 Å². The highest BCUT2D eigenvalue weighted by Crippen LogP contribution is 2.39. The van der Waals surface area contributed by atoms with Crippen molar-refractivity contribution in [1.82, 2.24) is 5.32 Å². The number of carbonyl (C=O) groups excluding carboxylic acids is 1. The smallest absolute Gasteiger partial charge is 0.170 e. The van der Waals surface area contributed by atoms with Crippen LogP contribution in [-0.2, 0) is 0 Å². The molecule has 1 atom stereocenters. The number of hydrogen-bond donors (Lipinski definition) is 1. The van der Waals surface area contributed by atoms with Crippen LogP contribution in [-0.4, -0.2) is 22.3 Å². The second-order valence-corrected chi connectivity index (χ2v) is 10.2. The lowest BCUT2D eigenvalue weighted by atomic mass is 9.74. The predicted octanol–water partition coefficient (Wildman–Crippen LogP) is 5.29. The standard InChI is InChI=1S/C16H19Cl2FINO/c1-15(2,20)3-4-16(5-6-21-9-16)14(22)10-7-11(17)13(18)12(19)8-10/h7-8,21H,3-6,9H2,1-2H3.